The van der Waals surface area contributed by atoms with Crippen LogP contribution in [-0.4, -0.2) is 36.2 Å². The molecule has 0 saturated heterocycles. The summed E-state index contributed by atoms with van der Waals surface area (Å²) >= 11 is 0. The molecule has 0 aromatic heterocycles. The van der Waals surface area contributed by atoms with E-state index in [0.717, 1.165) is 12.8 Å². The van der Waals surface area contributed by atoms with Crippen LogP contribution in [-0.2, 0) is 4.79 Å². The largest absolute Gasteiger partial charge is 0.481 e. The number of nitrogens with one attached hydrogen (secondary N) is 1. The number of nitrogens with zero attached hydrogens (tertiary/aromatic N) is 1. The van der Waals surface area contributed by atoms with Crippen LogP contribution in [0.1, 0.15) is 26.2 Å². The molecule has 0 radical (unpaired) electrons. The van der Waals surface area contributed by atoms with Gasteiger partial charge in [0.1, 0.15) is 0 Å². The maximum atomic E-state index is 10.2. The van der Waals surface area contributed by atoms with Crippen molar-refractivity contribution in [2.45, 2.75) is 32.2 Å². The Hall–Kier alpha value is -1.30. The highest BCUT2D eigenvalue weighted by Gasteiger charge is 2.02. The molecular formula is C9H20N4O2. The molecule has 6 heteroatoms. The molecule has 6 N–H and O–H groups in total. The second kappa shape index (κ2) is 8.05. The minimum absolute atomic E-state index is 0.112. The summed E-state index contributed by atoms with van der Waals surface area (Å²) in [5, 5.41) is 11.5. The van der Waals surface area contributed by atoms with Crippen molar-refractivity contribution in [1.29, 1.82) is 0 Å². The summed E-state index contributed by atoms with van der Waals surface area (Å²) in [5.74, 6) is -0.670. The van der Waals surface area contributed by atoms with Crippen molar-refractivity contribution >= 4 is 11.9 Å². The fraction of sp³-hybridized carbons (Fsp3) is 0.778. The van der Waals surface area contributed by atoms with Gasteiger partial charge in [-0.25, -0.2) is 0 Å². The molecule has 0 amide bonds. The smallest absolute Gasteiger partial charge is 0.304 e. The monoisotopic (exact) mass is 216 g/mol. The molecule has 0 aliphatic carbocycles. The van der Waals surface area contributed by atoms with E-state index in [-0.39, 0.29) is 12.4 Å². The molecule has 15 heavy (non-hydrogen) atoms. The van der Waals surface area contributed by atoms with E-state index < -0.39 is 5.97 Å². The maximum Gasteiger partial charge on any atom is 0.304 e. The van der Waals surface area contributed by atoms with Gasteiger partial charge in [-0.3, -0.25) is 9.79 Å². The van der Waals surface area contributed by atoms with Crippen LogP contribution in [0.4, 0.5) is 0 Å². The van der Waals surface area contributed by atoms with Crippen LogP contribution in [0.2, 0.25) is 0 Å². The summed E-state index contributed by atoms with van der Waals surface area (Å²) in [6.07, 6.45) is 1.97. The molecule has 0 bridgehead atoms. The summed E-state index contributed by atoms with van der Waals surface area (Å²) in [5.41, 5.74) is 10.3. The third-order valence-corrected chi connectivity index (χ3v) is 1.92. The Bertz CT molecular complexity index is 214. The first-order chi connectivity index (χ1) is 7.02. The number of hydrogen-bond acceptors (Lipinski definition) is 3. The second-order valence-electron chi connectivity index (χ2n) is 3.45. The zero-order valence-electron chi connectivity index (χ0n) is 9.07. The predicted octanol–water partition coefficient (Wildman–Crippen LogP) is -0.507. The summed E-state index contributed by atoms with van der Waals surface area (Å²) in [4.78, 5) is 14.1. The fourth-order valence-corrected chi connectivity index (χ4v) is 1.13. The lowest BCUT2D eigenvalue weighted by Crippen LogP contribution is -2.28. The van der Waals surface area contributed by atoms with E-state index in [2.05, 4.69) is 10.3 Å². The average Bonchev–Trinajstić information content (AvgIpc) is 2.11. The number of hydrogen-bond donors (Lipinski definition) is 4. The van der Waals surface area contributed by atoms with Crippen LogP contribution in [0.3, 0.4) is 0 Å². The molecule has 0 aliphatic heterocycles. The van der Waals surface area contributed by atoms with E-state index in [0.29, 0.717) is 19.1 Å². The third kappa shape index (κ3) is 10.6. The van der Waals surface area contributed by atoms with Gasteiger partial charge in [0, 0.05) is 19.1 Å². The molecule has 6 nitrogen and oxygen atoms in total. The highest BCUT2D eigenvalue weighted by molar-refractivity contribution is 5.75. The number of aliphatic carboxylic acids is 1. The summed E-state index contributed by atoms with van der Waals surface area (Å²) in [6.45, 7) is 3.13. The number of rotatable bonds is 8. The van der Waals surface area contributed by atoms with Gasteiger partial charge in [-0.1, -0.05) is 0 Å². The first-order valence-electron chi connectivity index (χ1n) is 5.03. The number of guanidine groups is 1. The van der Waals surface area contributed by atoms with Crippen molar-refractivity contribution in [2.24, 2.45) is 16.5 Å². The van der Waals surface area contributed by atoms with Gasteiger partial charge < -0.3 is 21.9 Å². The van der Waals surface area contributed by atoms with E-state index in [4.69, 9.17) is 16.6 Å². The van der Waals surface area contributed by atoms with Gasteiger partial charge in [0.2, 0.25) is 0 Å². The van der Waals surface area contributed by atoms with Crippen molar-refractivity contribution < 1.29 is 9.90 Å². The van der Waals surface area contributed by atoms with Crippen LogP contribution in [0.25, 0.3) is 0 Å². The summed E-state index contributed by atoms with van der Waals surface area (Å²) in [7, 11) is 0. The van der Waals surface area contributed by atoms with Crippen molar-refractivity contribution in [3.8, 4) is 0 Å². The van der Waals surface area contributed by atoms with E-state index in [9.17, 15) is 4.79 Å². The van der Waals surface area contributed by atoms with Crippen molar-refractivity contribution in [3.05, 3.63) is 0 Å². The lowest BCUT2D eigenvalue weighted by atomic mass is 10.2. The van der Waals surface area contributed by atoms with E-state index >= 15 is 0 Å². The summed E-state index contributed by atoms with van der Waals surface area (Å²) in [6, 6.07) is 0.290. The minimum Gasteiger partial charge on any atom is -0.481 e. The molecule has 0 saturated carbocycles. The molecular weight excluding hydrogens is 196 g/mol. The second-order valence-corrected chi connectivity index (χ2v) is 3.45. The SMILES string of the molecule is CC(CCCN=C(N)N)NCCC(=O)O. The van der Waals surface area contributed by atoms with E-state index in [1.54, 1.807) is 0 Å². The predicted molar refractivity (Wildman–Crippen MR) is 59.6 cm³/mol. The van der Waals surface area contributed by atoms with Gasteiger partial charge in [-0.15, -0.1) is 0 Å². The van der Waals surface area contributed by atoms with E-state index in [1.165, 1.54) is 0 Å². The van der Waals surface area contributed by atoms with Crippen molar-refractivity contribution in [2.75, 3.05) is 13.1 Å². The van der Waals surface area contributed by atoms with Gasteiger partial charge >= 0.3 is 5.97 Å². The Labute approximate surface area is 89.7 Å². The van der Waals surface area contributed by atoms with Gasteiger partial charge in [0.05, 0.1) is 6.42 Å². The molecule has 0 heterocycles. The van der Waals surface area contributed by atoms with Crippen molar-refractivity contribution in [1.82, 2.24) is 5.32 Å². The standard InChI is InChI=1S/C9H20N4O2/c1-7(12-6-4-8(14)15)3-2-5-13-9(10)11/h7,12H,2-6H2,1H3,(H,14,15)(H4,10,11,13). The highest BCUT2D eigenvalue weighted by atomic mass is 16.4. The Kier molecular flexibility index (Phi) is 7.35. The Morgan fingerprint density at radius 2 is 2.20 bits per heavy atom. The summed E-state index contributed by atoms with van der Waals surface area (Å²) < 4.78 is 0. The number of carboxylic acid groups (broad SMARTS) is 1. The third-order valence-electron chi connectivity index (χ3n) is 1.92. The molecule has 1 unspecified atom stereocenters. The molecule has 0 spiro atoms. The number of carbonyl (C=O) groups is 1. The number of aliphatic imine (C=N–C) groups is 1. The normalized spacial score (nSPS) is 12.1. The van der Waals surface area contributed by atoms with Crippen LogP contribution >= 0.6 is 0 Å². The topological polar surface area (TPSA) is 114 Å². The zero-order chi connectivity index (χ0) is 11.7. The van der Waals surface area contributed by atoms with Gasteiger partial charge in [-0.05, 0) is 19.8 Å². The first-order valence-corrected chi connectivity index (χ1v) is 5.03. The average molecular weight is 216 g/mol. The molecule has 0 aromatic rings. The molecule has 0 rings (SSSR count). The number of carboxylic acids is 1. The van der Waals surface area contributed by atoms with Gasteiger partial charge in [0.15, 0.2) is 5.96 Å². The van der Waals surface area contributed by atoms with Crippen LogP contribution in [0.5, 0.6) is 0 Å². The Morgan fingerprint density at radius 3 is 2.73 bits per heavy atom. The zero-order valence-corrected chi connectivity index (χ0v) is 9.07. The molecule has 88 valence electrons. The molecule has 0 aliphatic rings. The first kappa shape index (κ1) is 13.7. The lowest BCUT2D eigenvalue weighted by molar-refractivity contribution is -0.136. The quantitative estimate of drug-likeness (QED) is 0.248. The minimum atomic E-state index is -0.782. The van der Waals surface area contributed by atoms with Gasteiger partial charge in [-0.2, -0.15) is 0 Å². The van der Waals surface area contributed by atoms with E-state index in [1.807, 2.05) is 6.92 Å². The molecule has 0 fully saturated rings. The van der Waals surface area contributed by atoms with Crippen LogP contribution < -0.4 is 16.8 Å². The lowest BCUT2D eigenvalue weighted by Gasteiger charge is -2.11. The van der Waals surface area contributed by atoms with Crippen molar-refractivity contribution in [3.63, 3.8) is 0 Å². The highest BCUT2D eigenvalue weighted by Crippen LogP contribution is 1.96. The maximum absolute atomic E-state index is 10.2. The van der Waals surface area contributed by atoms with Gasteiger partial charge in [0.25, 0.3) is 0 Å². The number of nitrogens with two attached hydrogens (primary N) is 2. The fourth-order valence-electron chi connectivity index (χ4n) is 1.13. The Morgan fingerprint density at radius 1 is 1.53 bits per heavy atom. The molecule has 1 atom stereocenters. The molecule has 0 aromatic carbocycles. The van der Waals surface area contributed by atoms with Crippen LogP contribution in [0.15, 0.2) is 4.99 Å². The van der Waals surface area contributed by atoms with Crippen LogP contribution in [0, 0.1) is 0 Å². The Balaban J connectivity index is 3.37.